The van der Waals surface area contributed by atoms with E-state index in [0.717, 1.165) is 18.5 Å². The average Bonchev–Trinajstić information content (AvgIpc) is 3.66. The van der Waals surface area contributed by atoms with Crippen LogP contribution in [-0.2, 0) is 4.79 Å². The van der Waals surface area contributed by atoms with Crippen LogP contribution in [0.4, 0.5) is 22.7 Å². The van der Waals surface area contributed by atoms with Gasteiger partial charge >= 0.3 is 0 Å². The van der Waals surface area contributed by atoms with Gasteiger partial charge in [-0.25, -0.2) is 0 Å². The lowest BCUT2D eigenvalue weighted by Crippen LogP contribution is -2.14. The Morgan fingerprint density at radius 1 is 1.03 bits per heavy atom. The molecule has 1 aliphatic carbocycles. The van der Waals surface area contributed by atoms with E-state index < -0.39 is 10.8 Å². The molecule has 0 bridgehead atoms. The van der Waals surface area contributed by atoms with Crippen molar-refractivity contribution in [2.45, 2.75) is 25.8 Å². The molecule has 3 aromatic rings. The Morgan fingerprint density at radius 2 is 1.73 bits per heavy atom. The standard InChI is InChI=1S/C24H23N5O4/c1-15(20-4-2-3-13-25-20)26-21-12-7-17(14-22(21)29(32)33)24(31)28-19-10-8-18(9-11-19)27-23(30)16-5-6-16/h2-4,7-16,26H,5-6H2,1H3,(H,27,30)(H,28,31). The number of rotatable bonds is 8. The third-order valence-electron chi connectivity index (χ3n) is 5.32. The van der Waals surface area contributed by atoms with Crippen LogP contribution in [0.5, 0.6) is 0 Å². The Hall–Kier alpha value is -4.27. The number of nitro benzene ring substituents is 1. The van der Waals surface area contributed by atoms with Crippen LogP contribution in [0.25, 0.3) is 0 Å². The summed E-state index contributed by atoms with van der Waals surface area (Å²) >= 11 is 0. The second kappa shape index (κ2) is 9.47. The fourth-order valence-electron chi connectivity index (χ4n) is 3.32. The number of pyridine rings is 1. The predicted octanol–water partition coefficient (Wildman–Crippen LogP) is 4.76. The average molecular weight is 445 g/mol. The Balaban J connectivity index is 1.44. The predicted molar refractivity (Wildman–Crippen MR) is 125 cm³/mol. The summed E-state index contributed by atoms with van der Waals surface area (Å²) in [5.41, 5.74) is 2.15. The second-order valence-electron chi connectivity index (χ2n) is 7.90. The Kier molecular flexibility index (Phi) is 6.30. The third kappa shape index (κ3) is 5.51. The highest BCUT2D eigenvalue weighted by Crippen LogP contribution is 2.31. The van der Waals surface area contributed by atoms with Crippen LogP contribution in [0.3, 0.4) is 0 Å². The summed E-state index contributed by atoms with van der Waals surface area (Å²) in [5, 5.41) is 20.3. The molecule has 9 nitrogen and oxygen atoms in total. The number of carbonyl (C=O) groups is 2. The molecule has 1 atom stereocenters. The largest absolute Gasteiger partial charge is 0.371 e. The van der Waals surface area contributed by atoms with Crippen LogP contribution >= 0.6 is 0 Å². The van der Waals surface area contributed by atoms with Gasteiger partial charge in [0.1, 0.15) is 5.69 Å². The minimum atomic E-state index is -0.526. The maximum Gasteiger partial charge on any atom is 0.293 e. The van der Waals surface area contributed by atoms with Gasteiger partial charge < -0.3 is 16.0 Å². The zero-order chi connectivity index (χ0) is 23.4. The van der Waals surface area contributed by atoms with E-state index in [1.165, 1.54) is 18.2 Å². The highest BCUT2D eigenvalue weighted by Gasteiger charge is 2.29. The lowest BCUT2D eigenvalue weighted by atomic mass is 10.1. The first-order valence-electron chi connectivity index (χ1n) is 10.6. The van der Waals surface area contributed by atoms with E-state index in [1.807, 2.05) is 19.1 Å². The van der Waals surface area contributed by atoms with Crippen molar-refractivity contribution in [3.05, 3.63) is 88.2 Å². The fraction of sp³-hybridized carbons (Fsp3) is 0.208. The maximum absolute atomic E-state index is 12.7. The molecular weight excluding hydrogens is 422 g/mol. The normalized spacial score (nSPS) is 13.6. The van der Waals surface area contributed by atoms with Gasteiger partial charge in [-0.1, -0.05) is 6.07 Å². The molecule has 9 heteroatoms. The molecule has 1 heterocycles. The fourth-order valence-corrected chi connectivity index (χ4v) is 3.32. The molecule has 4 rings (SSSR count). The van der Waals surface area contributed by atoms with Crippen LogP contribution < -0.4 is 16.0 Å². The van der Waals surface area contributed by atoms with Gasteiger partial charge in [0.05, 0.1) is 16.7 Å². The van der Waals surface area contributed by atoms with E-state index in [-0.39, 0.29) is 29.1 Å². The number of nitrogens with zero attached hydrogens (tertiary/aromatic N) is 2. The van der Waals surface area contributed by atoms with Crippen LogP contribution in [0.2, 0.25) is 0 Å². The van der Waals surface area contributed by atoms with Crippen molar-refractivity contribution in [3.63, 3.8) is 0 Å². The molecule has 1 saturated carbocycles. The number of carbonyl (C=O) groups excluding carboxylic acids is 2. The monoisotopic (exact) mass is 445 g/mol. The van der Waals surface area contributed by atoms with Gasteiger partial charge in [-0.15, -0.1) is 0 Å². The quantitative estimate of drug-likeness (QED) is 0.339. The van der Waals surface area contributed by atoms with Crippen LogP contribution in [0.15, 0.2) is 66.9 Å². The van der Waals surface area contributed by atoms with Gasteiger partial charge in [0.15, 0.2) is 0 Å². The Labute approximate surface area is 190 Å². The van der Waals surface area contributed by atoms with Gasteiger partial charge in [-0.3, -0.25) is 24.7 Å². The van der Waals surface area contributed by atoms with Crippen molar-refractivity contribution in [2.24, 2.45) is 5.92 Å². The lowest BCUT2D eigenvalue weighted by Gasteiger charge is -2.15. The Morgan fingerprint density at radius 3 is 2.33 bits per heavy atom. The minimum absolute atomic E-state index is 0.00478. The molecule has 0 radical (unpaired) electrons. The molecule has 1 aromatic heterocycles. The van der Waals surface area contributed by atoms with Gasteiger partial charge in [-0.05, 0) is 68.3 Å². The number of hydrogen-bond acceptors (Lipinski definition) is 6. The first kappa shape index (κ1) is 21.9. The summed E-state index contributed by atoms with van der Waals surface area (Å²) in [5.74, 6) is -0.369. The molecule has 33 heavy (non-hydrogen) atoms. The van der Waals surface area contributed by atoms with Crippen molar-refractivity contribution >= 4 is 34.6 Å². The second-order valence-corrected chi connectivity index (χ2v) is 7.90. The molecule has 1 aliphatic rings. The number of aromatic nitrogens is 1. The summed E-state index contributed by atoms with van der Waals surface area (Å²) in [6.45, 7) is 1.85. The number of hydrogen-bond donors (Lipinski definition) is 3. The van der Waals surface area contributed by atoms with Crippen LogP contribution in [0, 0.1) is 16.0 Å². The molecule has 1 fully saturated rings. The van der Waals surface area contributed by atoms with Gasteiger partial charge in [0.25, 0.3) is 11.6 Å². The summed E-state index contributed by atoms with van der Waals surface area (Å²) < 4.78 is 0. The molecule has 2 aromatic carbocycles. The molecule has 168 valence electrons. The van der Waals surface area contributed by atoms with E-state index in [9.17, 15) is 19.7 Å². The molecule has 0 saturated heterocycles. The number of anilines is 3. The van der Waals surface area contributed by atoms with Crippen molar-refractivity contribution in [1.82, 2.24) is 4.98 Å². The molecule has 0 spiro atoms. The summed E-state index contributed by atoms with van der Waals surface area (Å²) in [6, 6.07) is 16.2. The van der Waals surface area contributed by atoms with E-state index in [1.54, 1.807) is 36.5 Å². The topological polar surface area (TPSA) is 126 Å². The Bertz CT molecular complexity index is 1180. The van der Waals surface area contributed by atoms with E-state index in [4.69, 9.17) is 0 Å². The number of nitrogens with one attached hydrogen (secondary N) is 3. The summed E-state index contributed by atoms with van der Waals surface area (Å²) in [7, 11) is 0. The van der Waals surface area contributed by atoms with Crippen molar-refractivity contribution in [1.29, 1.82) is 0 Å². The van der Waals surface area contributed by atoms with E-state index in [0.29, 0.717) is 17.1 Å². The summed E-state index contributed by atoms with van der Waals surface area (Å²) in [4.78, 5) is 39.9. The highest BCUT2D eigenvalue weighted by molar-refractivity contribution is 6.05. The first-order chi connectivity index (χ1) is 15.9. The number of amides is 2. The third-order valence-corrected chi connectivity index (χ3v) is 5.32. The van der Waals surface area contributed by atoms with Crippen molar-refractivity contribution in [2.75, 3.05) is 16.0 Å². The first-order valence-corrected chi connectivity index (χ1v) is 10.6. The van der Waals surface area contributed by atoms with E-state index in [2.05, 4.69) is 20.9 Å². The number of benzene rings is 2. The van der Waals surface area contributed by atoms with Gasteiger partial charge in [-0.2, -0.15) is 0 Å². The zero-order valence-corrected chi connectivity index (χ0v) is 17.9. The summed E-state index contributed by atoms with van der Waals surface area (Å²) in [6.07, 6.45) is 3.49. The molecule has 2 amide bonds. The van der Waals surface area contributed by atoms with Crippen molar-refractivity contribution in [3.8, 4) is 0 Å². The molecule has 3 N–H and O–H groups in total. The smallest absolute Gasteiger partial charge is 0.293 e. The highest BCUT2D eigenvalue weighted by atomic mass is 16.6. The minimum Gasteiger partial charge on any atom is -0.371 e. The lowest BCUT2D eigenvalue weighted by molar-refractivity contribution is -0.384. The zero-order valence-electron chi connectivity index (χ0n) is 17.9. The van der Waals surface area contributed by atoms with Crippen molar-refractivity contribution < 1.29 is 14.5 Å². The molecule has 0 aliphatic heterocycles. The molecule has 1 unspecified atom stereocenters. The van der Waals surface area contributed by atoms with Crippen LogP contribution in [-0.4, -0.2) is 21.7 Å². The maximum atomic E-state index is 12.7. The van der Waals surface area contributed by atoms with E-state index >= 15 is 0 Å². The molecular formula is C24H23N5O4. The van der Waals surface area contributed by atoms with Gasteiger partial charge in [0.2, 0.25) is 5.91 Å². The van der Waals surface area contributed by atoms with Gasteiger partial charge in [0, 0.05) is 35.1 Å². The number of nitro groups is 1. The van der Waals surface area contributed by atoms with Crippen LogP contribution in [0.1, 0.15) is 41.9 Å². The SMILES string of the molecule is CC(Nc1ccc(C(=O)Nc2ccc(NC(=O)C3CC3)cc2)cc1[N+](=O)[O-])c1ccccn1.